The maximum absolute atomic E-state index is 13.0. The van der Waals surface area contributed by atoms with Crippen LogP contribution in [0.1, 0.15) is 18.1 Å². The molecule has 11 heteroatoms. The summed E-state index contributed by atoms with van der Waals surface area (Å²) < 4.78 is 11.4. The van der Waals surface area contributed by atoms with Crippen LogP contribution in [0.15, 0.2) is 65.6 Å². The molecule has 7 nitrogen and oxygen atoms in total. The highest BCUT2D eigenvalue weighted by Crippen LogP contribution is 2.36. The summed E-state index contributed by atoms with van der Waals surface area (Å²) in [5.74, 6) is -0.0232. The summed E-state index contributed by atoms with van der Waals surface area (Å²) in [7, 11) is 0. The van der Waals surface area contributed by atoms with Crippen LogP contribution >= 0.6 is 46.6 Å². The van der Waals surface area contributed by atoms with Gasteiger partial charge in [-0.05, 0) is 84.4 Å². The van der Waals surface area contributed by atoms with Crippen LogP contribution in [-0.2, 0) is 16.1 Å². The Morgan fingerprint density at radius 1 is 0.947 bits per heavy atom. The minimum Gasteiger partial charge on any atom is -0.490 e. The van der Waals surface area contributed by atoms with Crippen molar-refractivity contribution in [3.05, 3.63) is 91.8 Å². The molecule has 3 aromatic carbocycles. The second kappa shape index (κ2) is 12.6. The number of thioether (sulfide) groups is 1. The lowest BCUT2D eigenvalue weighted by Crippen LogP contribution is -2.27. The van der Waals surface area contributed by atoms with E-state index < -0.39 is 11.1 Å². The molecule has 0 saturated carbocycles. The minimum atomic E-state index is -0.428. The monoisotopic (exact) mass is 590 g/mol. The zero-order chi connectivity index (χ0) is 27.2. The summed E-state index contributed by atoms with van der Waals surface area (Å²) in [6.07, 6.45) is 1.61. The van der Waals surface area contributed by atoms with Gasteiger partial charge in [0.15, 0.2) is 18.1 Å². The van der Waals surface area contributed by atoms with Crippen LogP contribution in [0.5, 0.6) is 11.5 Å². The Bertz CT molecular complexity index is 1410. The summed E-state index contributed by atoms with van der Waals surface area (Å²) in [5.41, 5.74) is 1.83. The lowest BCUT2D eigenvalue weighted by atomic mass is 10.1. The number of amides is 3. The van der Waals surface area contributed by atoms with E-state index in [1.165, 1.54) is 0 Å². The molecular formula is C27H21Cl3N2O5S. The van der Waals surface area contributed by atoms with Crippen LogP contribution in [0.25, 0.3) is 6.08 Å². The zero-order valence-electron chi connectivity index (χ0n) is 20.0. The number of carbonyl (C=O) groups excluding carboxylic acids is 3. The molecule has 1 fully saturated rings. The Hall–Kier alpha value is -3.17. The van der Waals surface area contributed by atoms with Crippen molar-refractivity contribution in [3.63, 3.8) is 0 Å². The Balaban J connectivity index is 1.44. The van der Waals surface area contributed by atoms with Crippen LogP contribution in [-0.4, -0.2) is 35.2 Å². The van der Waals surface area contributed by atoms with Crippen LogP contribution in [0.2, 0.25) is 15.1 Å². The number of nitrogens with one attached hydrogen (secondary N) is 1. The molecule has 1 saturated heterocycles. The van der Waals surface area contributed by atoms with Gasteiger partial charge >= 0.3 is 0 Å². The summed E-state index contributed by atoms with van der Waals surface area (Å²) in [6.45, 7) is 1.97. The summed E-state index contributed by atoms with van der Waals surface area (Å²) in [5, 5.41) is 3.73. The fourth-order valence-electron chi connectivity index (χ4n) is 3.48. The standard InChI is InChI=1S/C27H21Cl3N2O5S/c1-2-36-23-11-16(3-10-22(23)37-15-25(33)31-20-8-6-18(28)7-9-20)12-24-26(34)32(27(35)38-24)14-17-4-5-19(29)13-21(17)30/h3-13H,2,14-15H2,1H3,(H,31,33)/b24-12-. The number of nitrogens with zero attached hydrogens (tertiary/aromatic N) is 1. The topological polar surface area (TPSA) is 84.9 Å². The maximum atomic E-state index is 13.0. The van der Waals surface area contributed by atoms with E-state index in [2.05, 4.69) is 5.32 Å². The first-order valence-electron chi connectivity index (χ1n) is 11.4. The molecule has 1 N–H and O–H groups in total. The lowest BCUT2D eigenvalue weighted by molar-refractivity contribution is -0.123. The smallest absolute Gasteiger partial charge is 0.293 e. The van der Waals surface area contributed by atoms with Gasteiger partial charge in [-0.3, -0.25) is 19.3 Å². The molecule has 0 radical (unpaired) electrons. The van der Waals surface area contributed by atoms with Crippen molar-refractivity contribution >= 4 is 75.4 Å². The van der Waals surface area contributed by atoms with E-state index >= 15 is 0 Å². The fourth-order valence-corrected chi connectivity index (χ4v) is 4.92. The number of hydrogen-bond donors (Lipinski definition) is 1. The Labute approximate surface area is 238 Å². The largest absolute Gasteiger partial charge is 0.490 e. The molecule has 0 atom stereocenters. The molecule has 0 aliphatic carbocycles. The molecule has 1 aliphatic rings. The zero-order valence-corrected chi connectivity index (χ0v) is 23.1. The van der Waals surface area contributed by atoms with Crippen molar-refractivity contribution < 1.29 is 23.9 Å². The van der Waals surface area contributed by atoms with Crippen LogP contribution < -0.4 is 14.8 Å². The average Bonchev–Trinajstić information content (AvgIpc) is 3.14. The van der Waals surface area contributed by atoms with Crippen molar-refractivity contribution in [1.82, 2.24) is 4.90 Å². The number of imide groups is 1. The van der Waals surface area contributed by atoms with Crippen molar-refractivity contribution in [3.8, 4) is 11.5 Å². The van der Waals surface area contributed by atoms with E-state index in [1.807, 2.05) is 6.92 Å². The van der Waals surface area contributed by atoms with E-state index in [0.717, 1.165) is 16.7 Å². The number of halogens is 3. The first-order valence-corrected chi connectivity index (χ1v) is 13.3. The minimum absolute atomic E-state index is 0.0348. The number of ether oxygens (including phenoxy) is 2. The third-order valence-corrected chi connectivity index (χ3v) is 7.02. The summed E-state index contributed by atoms with van der Waals surface area (Å²) >= 11 is 18.9. The predicted octanol–water partition coefficient (Wildman–Crippen LogP) is 7.30. The normalized spacial score (nSPS) is 14.2. The van der Waals surface area contributed by atoms with Gasteiger partial charge in [-0.2, -0.15) is 0 Å². The van der Waals surface area contributed by atoms with Gasteiger partial charge in [0.05, 0.1) is 18.1 Å². The second-order valence-corrected chi connectivity index (χ2v) is 10.3. The van der Waals surface area contributed by atoms with Crippen LogP contribution in [0.3, 0.4) is 0 Å². The van der Waals surface area contributed by atoms with Crippen molar-refractivity contribution in [1.29, 1.82) is 0 Å². The first-order chi connectivity index (χ1) is 18.2. The van der Waals surface area contributed by atoms with Gasteiger partial charge in [-0.15, -0.1) is 0 Å². The molecule has 1 aliphatic heterocycles. The second-order valence-electron chi connectivity index (χ2n) is 7.99. The highest BCUT2D eigenvalue weighted by atomic mass is 35.5. The van der Waals surface area contributed by atoms with Gasteiger partial charge in [0, 0.05) is 20.8 Å². The molecule has 4 rings (SSSR count). The van der Waals surface area contributed by atoms with E-state index in [1.54, 1.807) is 66.7 Å². The van der Waals surface area contributed by atoms with Crippen molar-refractivity contribution in [2.45, 2.75) is 13.5 Å². The van der Waals surface area contributed by atoms with Crippen LogP contribution in [0.4, 0.5) is 10.5 Å². The first kappa shape index (κ1) is 27.9. The number of benzene rings is 3. The molecule has 0 unspecified atom stereocenters. The third kappa shape index (κ3) is 7.02. The molecule has 0 aromatic heterocycles. The van der Waals surface area contributed by atoms with Gasteiger partial charge in [-0.25, -0.2) is 0 Å². The van der Waals surface area contributed by atoms with E-state index in [9.17, 15) is 14.4 Å². The SMILES string of the molecule is CCOc1cc(/C=C2\SC(=O)N(Cc3ccc(Cl)cc3Cl)C2=O)ccc1OCC(=O)Nc1ccc(Cl)cc1. The van der Waals surface area contributed by atoms with Crippen molar-refractivity contribution in [2.24, 2.45) is 0 Å². The summed E-state index contributed by atoms with van der Waals surface area (Å²) in [6, 6.07) is 16.6. The van der Waals surface area contributed by atoms with E-state index in [4.69, 9.17) is 44.3 Å². The van der Waals surface area contributed by atoms with Gasteiger partial charge in [0.2, 0.25) is 0 Å². The average molecular weight is 592 g/mol. The van der Waals surface area contributed by atoms with Crippen molar-refractivity contribution in [2.75, 3.05) is 18.5 Å². The van der Waals surface area contributed by atoms with Gasteiger partial charge in [0.1, 0.15) is 0 Å². The maximum Gasteiger partial charge on any atom is 0.293 e. The molecule has 1 heterocycles. The van der Waals surface area contributed by atoms with E-state index in [0.29, 0.717) is 50.0 Å². The molecule has 38 heavy (non-hydrogen) atoms. The number of rotatable bonds is 9. The summed E-state index contributed by atoms with van der Waals surface area (Å²) in [4.78, 5) is 39.2. The quantitative estimate of drug-likeness (QED) is 0.263. The Morgan fingerprint density at radius 2 is 1.68 bits per heavy atom. The number of carbonyl (C=O) groups is 3. The lowest BCUT2D eigenvalue weighted by Gasteiger charge is -2.14. The molecule has 3 aromatic rings. The fraction of sp³-hybridized carbons (Fsp3) is 0.148. The van der Waals surface area contributed by atoms with Gasteiger partial charge < -0.3 is 14.8 Å². The number of hydrogen-bond acceptors (Lipinski definition) is 6. The Morgan fingerprint density at radius 3 is 2.39 bits per heavy atom. The molecule has 196 valence electrons. The third-order valence-electron chi connectivity index (χ3n) is 5.27. The highest BCUT2D eigenvalue weighted by molar-refractivity contribution is 8.18. The highest BCUT2D eigenvalue weighted by Gasteiger charge is 2.35. The molecular weight excluding hydrogens is 571 g/mol. The predicted molar refractivity (Wildman–Crippen MR) is 151 cm³/mol. The van der Waals surface area contributed by atoms with E-state index in [-0.39, 0.29) is 24.0 Å². The van der Waals surface area contributed by atoms with Gasteiger partial charge in [-0.1, -0.05) is 46.9 Å². The van der Waals surface area contributed by atoms with Gasteiger partial charge in [0.25, 0.3) is 17.1 Å². The molecule has 0 spiro atoms. The molecule has 0 bridgehead atoms. The molecule has 3 amide bonds. The Kier molecular flexibility index (Phi) is 9.22. The van der Waals surface area contributed by atoms with Crippen LogP contribution in [0, 0.1) is 0 Å². The number of anilines is 1.